The molecule has 3 aromatic rings. The van der Waals surface area contributed by atoms with Gasteiger partial charge in [0.1, 0.15) is 11.9 Å². The maximum atomic E-state index is 12.5. The number of hydrogen-bond donors (Lipinski definition) is 1. The quantitative estimate of drug-likeness (QED) is 0.736. The molecule has 0 amide bonds. The number of nitrogens with one attached hydrogen (secondary N) is 1. The first-order chi connectivity index (χ1) is 12.6. The lowest BCUT2D eigenvalue weighted by atomic mass is 10.2. The molecule has 27 heavy (non-hydrogen) atoms. The molecule has 0 aliphatic rings. The number of ether oxygens (including phenoxy) is 1. The number of sulfonamides is 1. The molecule has 1 aromatic carbocycles. The smallest absolute Gasteiger partial charge is 0.420 e. The Bertz CT molecular complexity index is 1070. The van der Waals surface area contributed by atoms with Crippen molar-refractivity contribution in [3.63, 3.8) is 0 Å². The van der Waals surface area contributed by atoms with Crippen molar-refractivity contribution in [2.75, 3.05) is 4.72 Å². The molecule has 3 rings (SSSR count). The topological polar surface area (TPSA) is 103 Å². The van der Waals surface area contributed by atoms with E-state index < -0.39 is 21.7 Å². The van der Waals surface area contributed by atoms with Crippen molar-refractivity contribution < 1.29 is 17.9 Å². The lowest BCUT2D eigenvalue weighted by Crippen LogP contribution is -2.26. The number of carbonyl (C=O) groups is 1. The fourth-order valence-electron chi connectivity index (χ4n) is 2.47. The highest BCUT2D eigenvalue weighted by atomic mass is 32.2. The Labute approximate surface area is 157 Å². The highest BCUT2D eigenvalue weighted by Crippen LogP contribution is 2.23. The highest BCUT2D eigenvalue weighted by Gasteiger charge is 2.21. The van der Waals surface area contributed by atoms with Crippen molar-refractivity contribution in [1.29, 1.82) is 0 Å². The van der Waals surface area contributed by atoms with Crippen molar-refractivity contribution >= 4 is 33.0 Å². The number of fused-ring (bicyclic) bond motifs is 1. The van der Waals surface area contributed by atoms with Crippen LogP contribution in [0.3, 0.4) is 0 Å². The average molecular weight is 388 g/mol. The van der Waals surface area contributed by atoms with Gasteiger partial charge in [0.2, 0.25) is 10.0 Å². The van der Waals surface area contributed by atoms with Gasteiger partial charge >= 0.3 is 6.09 Å². The molecule has 142 valence electrons. The fourth-order valence-corrected chi connectivity index (χ4v) is 3.63. The average Bonchev–Trinajstić information content (AvgIpc) is 2.98. The normalized spacial score (nSPS) is 12.1. The monoisotopic (exact) mass is 388 g/mol. The predicted molar refractivity (Wildman–Crippen MR) is 102 cm³/mol. The summed E-state index contributed by atoms with van der Waals surface area (Å²) < 4.78 is 34.0. The van der Waals surface area contributed by atoms with Gasteiger partial charge in [-0.05, 0) is 32.4 Å². The Morgan fingerprint density at radius 1 is 1.15 bits per heavy atom. The molecule has 0 radical (unpaired) electrons. The van der Waals surface area contributed by atoms with Crippen LogP contribution in [0.5, 0.6) is 0 Å². The maximum absolute atomic E-state index is 12.5. The number of carbonyl (C=O) groups excluding carboxylic acids is 1. The Morgan fingerprint density at radius 3 is 2.52 bits per heavy atom. The van der Waals surface area contributed by atoms with E-state index in [2.05, 4.69) is 14.7 Å². The summed E-state index contributed by atoms with van der Waals surface area (Å²) in [5.41, 5.74) is 0.249. The zero-order chi connectivity index (χ0) is 19.7. The third kappa shape index (κ3) is 4.62. The Hall–Kier alpha value is -2.94. The number of rotatable bonds is 4. The summed E-state index contributed by atoms with van der Waals surface area (Å²) in [5, 5.41) is 0.403. The van der Waals surface area contributed by atoms with Gasteiger partial charge in [0.05, 0.1) is 11.1 Å². The van der Waals surface area contributed by atoms with Gasteiger partial charge in [-0.3, -0.25) is 4.72 Å². The van der Waals surface area contributed by atoms with E-state index >= 15 is 0 Å². The first-order valence-corrected chi connectivity index (χ1v) is 9.90. The summed E-state index contributed by atoms with van der Waals surface area (Å²) in [6, 6.07) is 10.4. The van der Waals surface area contributed by atoms with Crippen LogP contribution in [0.4, 0.5) is 10.6 Å². The molecule has 9 heteroatoms. The Balaban J connectivity index is 1.89. The van der Waals surface area contributed by atoms with Gasteiger partial charge in [-0.25, -0.2) is 27.7 Å². The molecule has 0 saturated heterocycles. The van der Waals surface area contributed by atoms with Crippen molar-refractivity contribution in [1.82, 2.24) is 14.5 Å². The van der Waals surface area contributed by atoms with Crippen LogP contribution in [0, 0.1) is 0 Å². The van der Waals surface area contributed by atoms with Crippen LogP contribution in [-0.2, 0) is 20.5 Å². The molecular weight excluding hydrogens is 368 g/mol. The SMILES string of the molecule is CC(C)(C)OC(=O)n1ccc2c(NS(=O)(=O)Cc3ccccc3)ncnc21. The van der Waals surface area contributed by atoms with Crippen LogP contribution in [0.1, 0.15) is 26.3 Å². The molecule has 0 unspecified atom stereocenters. The molecule has 0 atom stereocenters. The van der Waals surface area contributed by atoms with Gasteiger partial charge in [0, 0.05) is 6.20 Å². The number of aromatic nitrogens is 3. The lowest BCUT2D eigenvalue weighted by molar-refractivity contribution is 0.0543. The molecule has 1 N–H and O–H groups in total. The second-order valence-electron chi connectivity index (χ2n) is 6.97. The lowest BCUT2D eigenvalue weighted by Gasteiger charge is -2.19. The Morgan fingerprint density at radius 2 is 1.85 bits per heavy atom. The molecule has 0 fully saturated rings. The van der Waals surface area contributed by atoms with E-state index in [9.17, 15) is 13.2 Å². The number of nitrogens with zero attached hydrogens (tertiary/aromatic N) is 3. The van der Waals surface area contributed by atoms with E-state index in [0.717, 1.165) is 0 Å². The highest BCUT2D eigenvalue weighted by molar-refractivity contribution is 7.91. The number of benzene rings is 1. The minimum absolute atomic E-state index is 0.109. The second-order valence-corrected chi connectivity index (χ2v) is 8.69. The van der Waals surface area contributed by atoms with E-state index in [1.807, 2.05) is 6.07 Å². The van der Waals surface area contributed by atoms with Crippen molar-refractivity contribution in [2.45, 2.75) is 32.1 Å². The molecule has 0 spiro atoms. The minimum atomic E-state index is -3.68. The third-order valence-electron chi connectivity index (χ3n) is 3.52. The predicted octanol–water partition coefficient (Wildman–Crippen LogP) is 3.16. The van der Waals surface area contributed by atoms with E-state index in [0.29, 0.717) is 10.9 Å². The second kappa shape index (κ2) is 6.99. The minimum Gasteiger partial charge on any atom is -0.443 e. The largest absolute Gasteiger partial charge is 0.443 e. The zero-order valence-electron chi connectivity index (χ0n) is 15.2. The van der Waals surface area contributed by atoms with E-state index in [1.165, 1.54) is 17.1 Å². The molecule has 0 aliphatic carbocycles. The van der Waals surface area contributed by atoms with Crippen LogP contribution in [0.25, 0.3) is 11.0 Å². The first-order valence-electron chi connectivity index (χ1n) is 8.24. The van der Waals surface area contributed by atoms with Crippen molar-refractivity contribution in [3.05, 3.63) is 54.5 Å². The van der Waals surface area contributed by atoms with Crippen LogP contribution in [0.2, 0.25) is 0 Å². The fraction of sp³-hybridized carbons (Fsp3) is 0.278. The van der Waals surface area contributed by atoms with Gasteiger partial charge < -0.3 is 4.74 Å². The van der Waals surface area contributed by atoms with Crippen LogP contribution in [-0.4, -0.2) is 34.6 Å². The van der Waals surface area contributed by atoms with Gasteiger partial charge in [-0.1, -0.05) is 30.3 Å². The molecule has 0 bridgehead atoms. The van der Waals surface area contributed by atoms with Crippen LogP contribution >= 0.6 is 0 Å². The summed E-state index contributed by atoms with van der Waals surface area (Å²) in [6.45, 7) is 5.28. The number of hydrogen-bond acceptors (Lipinski definition) is 6. The first kappa shape index (κ1) is 18.8. The van der Waals surface area contributed by atoms with Crippen LogP contribution < -0.4 is 4.72 Å². The van der Waals surface area contributed by atoms with Gasteiger partial charge in [0.25, 0.3) is 0 Å². The van der Waals surface area contributed by atoms with Gasteiger partial charge in [-0.15, -0.1) is 0 Å². The van der Waals surface area contributed by atoms with Gasteiger partial charge in [-0.2, -0.15) is 0 Å². The van der Waals surface area contributed by atoms with Crippen LogP contribution in [0.15, 0.2) is 48.9 Å². The zero-order valence-corrected chi connectivity index (χ0v) is 16.0. The Kier molecular flexibility index (Phi) is 4.88. The molecule has 0 aliphatic heterocycles. The summed E-state index contributed by atoms with van der Waals surface area (Å²) >= 11 is 0. The van der Waals surface area contributed by atoms with Crippen molar-refractivity contribution in [3.8, 4) is 0 Å². The molecule has 2 aromatic heterocycles. The van der Waals surface area contributed by atoms with E-state index in [1.54, 1.807) is 51.1 Å². The summed E-state index contributed by atoms with van der Waals surface area (Å²) in [6.07, 6.45) is 2.07. The molecule has 0 saturated carbocycles. The van der Waals surface area contributed by atoms with E-state index in [4.69, 9.17) is 4.74 Å². The van der Waals surface area contributed by atoms with E-state index in [-0.39, 0.29) is 17.2 Å². The molecule has 2 heterocycles. The third-order valence-corrected chi connectivity index (χ3v) is 4.74. The summed E-state index contributed by atoms with van der Waals surface area (Å²) in [4.78, 5) is 20.4. The summed E-state index contributed by atoms with van der Waals surface area (Å²) in [5.74, 6) is -0.0789. The maximum Gasteiger partial charge on any atom is 0.420 e. The standard InChI is InChI=1S/C18H20N4O4S/c1-18(2,3)26-17(23)22-10-9-14-15(19-12-20-16(14)22)21-27(24,25)11-13-7-5-4-6-8-13/h4-10,12H,11H2,1-3H3,(H,19,20,21). The molecule has 8 nitrogen and oxygen atoms in total. The summed E-state index contributed by atoms with van der Waals surface area (Å²) in [7, 11) is -3.68. The number of anilines is 1. The van der Waals surface area contributed by atoms with Crippen molar-refractivity contribution in [2.24, 2.45) is 0 Å². The van der Waals surface area contributed by atoms with Gasteiger partial charge in [0.15, 0.2) is 11.5 Å². The molecular formula is C18H20N4O4S.